The molecule has 0 unspecified atom stereocenters. The first-order chi connectivity index (χ1) is 7.40. The molecule has 3 rings (SSSR count). The molecule has 0 radical (unpaired) electrons. The maximum Gasteiger partial charge on any atom is 0.330 e. The second kappa shape index (κ2) is 2.79. The minimum Gasteiger partial charge on any atom is -0.195 e. The molecule has 70 valence electrons. The normalized spacial score (nSPS) is 10.6. The molecule has 0 aliphatic heterocycles. The Balaban J connectivity index is 2.66. The van der Waals surface area contributed by atoms with Gasteiger partial charge >= 0.3 is 5.65 Å². The average molecular weight is 195 g/mol. The van der Waals surface area contributed by atoms with E-state index in [0.717, 1.165) is 11.2 Å². The lowest BCUT2D eigenvalue weighted by Crippen LogP contribution is -2.28. The van der Waals surface area contributed by atoms with Crippen molar-refractivity contribution in [3.8, 4) is 6.07 Å². The maximum absolute atomic E-state index is 9.03. The second-order valence-electron chi connectivity index (χ2n) is 3.25. The molecular weight excluding hydrogens is 188 g/mol. The Morgan fingerprint density at radius 1 is 1.33 bits per heavy atom. The van der Waals surface area contributed by atoms with Crippen LogP contribution >= 0.6 is 0 Å². The van der Waals surface area contributed by atoms with Gasteiger partial charge in [0.05, 0.1) is 6.20 Å². The summed E-state index contributed by atoms with van der Waals surface area (Å²) in [7, 11) is 0. The van der Waals surface area contributed by atoms with Crippen LogP contribution < -0.4 is 4.52 Å². The molecule has 3 heterocycles. The maximum atomic E-state index is 9.03. The Kier molecular flexibility index (Phi) is 1.48. The van der Waals surface area contributed by atoms with Crippen LogP contribution in [0.25, 0.3) is 11.2 Å². The van der Waals surface area contributed by atoms with Gasteiger partial charge in [-0.05, 0) is 24.3 Å². The summed E-state index contributed by atoms with van der Waals surface area (Å²) < 4.78 is 3.65. The van der Waals surface area contributed by atoms with Gasteiger partial charge in [0.2, 0.25) is 0 Å². The third kappa shape index (κ3) is 1.00. The first-order valence-corrected chi connectivity index (χ1v) is 4.57. The van der Waals surface area contributed by atoms with Crippen LogP contribution in [0.5, 0.6) is 0 Å². The highest BCUT2D eigenvalue weighted by Gasteiger charge is 2.13. The highest BCUT2D eigenvalue weighted by Crippen LogP contribution is 2.08. The predicted molar refractivity (Wildman–Crippen MR) is 53.1 cm³/mol. The lowest BCUT2D eigenvalue weighted by Gasteiger charge is -1.95. The zero-order valence-electron chi connectivity index (χ0n) is 7.83. The Morgan fingerprint density at radius 3 is 3.13 bits per heavy atom. The molecule has 0 bridgehead atoms. The fourth-order valence-electron chi connectivity index (χ4n) is 1.72. The minimum absolute atomic E-state index is 0.617. The van der Waals surface area contributed by atoms with Crippen LogP contribution in [0, 0.1) is 11.3 Å². The number of aromatic nitrogens is 3. The molecule has 0 N–H and O–H groups in total. The molecule has 0 spiro atoms. The van der Waals surface area contributed by atoms with Gasteiger partial charge < -0.3 is 0 Å². The lowest BCUT2D eigenvalue weighted by molar-refractivity contribution is -0.583. The zero-order valence-corrected chi connectivity index (χ0v) is 7.83. The van der Waals surface area contributed by atoms with Crippen molar-refractivity contribution in [2.45, 2.75) is 0 Å². The molecular formula is C11H7N4+. The van der Waals surface area contributed by atoms with Crippen LogP contribution in [-0.2, 0) is 0 Å². The SMILES string of the molecule is N#Cc1ccc[n+]2ncc3cccn3c12. The summed E-state index contributed by atoms with van der Waals surface area (Å²) in [6, 6.07) is 9.67. The standard InChI is InChI=1S/C11H7N4/c12-7-9-3-1-6-15-11(9)14-5-2-4-10(14)8-13-15/h1-6,8H/q+1. The summed E-state index contributed by atoms with van der Waals surface area (Å²) in [5.41, 5.74) is 2.40. The van der Waals surface area contributed by atoms with E-state index in [0.29, 0.717) is 5.56 Å². The largest absolute Gasteiger partial charge is 0.330 e. The van der Waals surface area contributed by atoms with E-state index >= 15 is 0 Å². The molecule has 0 aliphatic carbocycles. The van der Waals surface area contributed by atoms with Crippen LogP contribution in [0.4, 0.5) is 0 Å². The molecule has 3 aromatic rings. The van der Waals surface area contributed by atoms with Gasteiger partial charge in [-0.15, -0.1) is 4.52 Å². The molecule has 0 saturated heterocycles. The Labute approximate surface area is 85.6 Å². The molecule has 4 heteroatoms. The van der Waals surface area contributed by atoms with Crippen molar-refractivity contribution >= 4 is 11.2 Å². The molecule has 0 amide bonds. The third-order valence-corrected chi connectivity index (χ3v) is 2.39. The van der Waals surface area contributed by atoms with Crippen LogP contribution in [0.3, 0.4) is 0 Å². The third-order valence-electron chi connectivity index (χ3n) is 2.39. The summed E-state index contributed by atoms with van der Waals surface area (Å²) in [5.74, 6) is 0. The summed E-state index contributed by atoms with van der Waals surface area (Å²) in [6.45, 7) is 0. The topological polar surface area (TPSA) is 45.2 Å². The monoisotopic (exact) mass is 195 g/mol. The number of hydrogen-bond donors (Lipinski definition) is 0. The zero-order chi connectivity index (χ0) is 10.3. The Bertz CT molecular complexity index is 690. The number of nitrogens with zero attached hydrogens (tertiary/aromatic N) is 4. The average Bonchev–Trinajstić information content (AvgIpc) is 2.76. The van der Waals surface area contributed by atoms with Gasteiger partial charge in [-0.3, -0.25) is 0 Å². The first kappa shape index (κ1) is 7.94. The van der Waals surface area contributed by atoms with Crippen molar-refractivity contribution in [1.29, 1.82) is 5.26 Å². The minimum atomic E-state index is 0.617. The summed E-state index contributed by atoms with van der Waals surface area (Å²) in [4.78, 5) is 0. The van der Waals surface area contributed by atoms with E-state index in [9.17, 15) is 0 Å². The van der Waals surface area contributed by atoms with E-state index in [-0.39, 0.29) is 0 Å². The molecule has 4 nitrogen and oxygen atoms in total. The molecule has 0 aromatic carbocycles. The number of nitriles is 1. The van der Waals surface area contributed by atoms with Gasteiger partial charge in [0.1, 0.15) is 24.0 Å². The van der Waals surface area contributed by atoms with Crippen LogP contribution in [0.2, 0.25) is 0 Å². The van der Waals surface area contributed by atoms with Crippen LogP contribution in [0.15, 0.2) is 42.9 Å². The van der Waals surface area contributed by atoms with Gasteiger partial charge in [-0.2, -0.15) is 9.66 Å². The fraction of sp³-hybridized carbons (Fsp3) is 0. The van der Waals surface area contributed by atoms with Crippen molar-refractivity contribution in [3.05, 3.63) is 48.4 Å². The Hall–Kier alpha value is -2.41. The molecule has 0 fully saturated rings. The molecule has 15 heavy (non-hydrogen) atoms. The van der Waals surface area contributed by atoms with E-state index in [2.05, 4.69) is 11.2 Å². The second-order valence-corrected chi connectivity index (χ2v) is 3.25. The molecule has 0 atom stereocenters. The highest BCUT2D eigenvalue weighted by molar-refractivity contribution is 5.57. The summed E-state index contributed by atoms with van der Waals surface area (Å²) >= 11 is 0. The number of hydrogen-bond acceptors (Lipinski definition) is 2. The van der Waals surface area contributed by atoms with Crippen molar-refractivity contribution < 1.29 is 4.52 Å². The predicted octanol–water partition coefficient (Wildman–Crippen LogP) is 0.945. The lowest BCUT2D eigenvalue weighted by atomic mass is 10.3. The number of pyridine rings is 1. The van der Waals surface area contributed by atoms with E-state index in [1.807, 2.05) is 35.0 Å². The van der Waals surface area contributed by atoms with E-state index in [4.69, 9.17) is 5.26 Å². The molecule has 3 aromatic heterocycles. The van der Waals surface area contributed by atoms with Gasteiger partial charge in [-0.25, -0.2) is 0 Å². The van der Waals surface area contributed by atoms with Gasteiger partial charge in [0.15, 0.2) is 5.52 Å². The summed E-state index contributed by atoms with van der Waals surface area (Å²) in [6.07, 6.45) is 5.52. The highest BCUT2D eigenvalue weighted by atomic mass is 15.3. The molecule has 0 saturated carbocycles. The number of fused-ring (bicyclic) bond motifs is 3. The van der Waals surface area contributed by atoms with Gasteiger partial charge in [0.25, 0.3) is 0 Å². The van der Waals surface area contributed by atoms with Crippen molar-refractivity contribution in [3.63, 3.8) is 0 Å². The van der Waals surface area contributed by atoms with E-state index in [1.54, 1.807) is 16.8 Å². The van der Waals surface area contributed by atoms with Crippen LogP contribution in [-0.4, -0.2) is 9.50 Å². The van der Waals surface area contributed by atoms with Crippen LogP contribution in [0.1, 0.15) is 5.56 Å². The van der Waals surface area contributed by atoms with Crippen molar-refractivity contribution in [1.82, 2.24) is 9.50 Å². The Morgan fingerprint density at radius 2 is 2.27 bits per heavy atom. The van der Waals surface area contributed by atoms with Crippen molar-refractivity contribution in [2.75, 3.05) is 0 Å². The van der Waals surface area contributed by atoms with Crippen molar-refractivity contribution in [2.24, 2.45) is 0 Å². The quantitative estimate of drug-likeness (QED) is 0.501. The summed E-state index contributed by atoms with van der Waals surface area (Å²) in [5, 5.41) is 13.3. The van der Waals surface area contributed by atoms with E-state index < -0.39 is 0 Å². The van der Waals surface area contributed by atoms with Gasteiger partial charge in [0, 0.05) is 0 Å². The smallest absolute Gasteiger partial charge is 0.195 e. The fourth-order valence-corrected chi connectivity index (χ4v) is 1.72. The first-order valence-electron chi connectivity index (χ1n) is 4.57. The molecule has 0 aliphatic rings. The van der Waals surface area contributed by atoms with E-state index in [1.165, 1.54) is 0 Å². The number of rotatable bonds is 0. The van der Waals surface area contributed by atoms with Gasteiger partial charge in [-0.1, -0.05) is 5.10 Å².